The fourth-order valence-corrected chi connectivity index (χ4v) is 1.87. The van der Waals surface area contributed by atoms with Gasteiger partial charge in [-0.2, -0.15) is 0 Å². The quantitative estimate of drug-likeness (QED) is 0.698. The molecular formula is C17H26N2O4. The molecule has 0 spiro atoms. The van der Waals surface area contributed by atoms with Crippen LogP contribution in [0.1, 0.15) is 34.1 Å². The maximum absolute atomic E-state index is 11.9. The van der Waals surface area contributed by atoms with E-state index in [1.54, 1.807) is 24.3 Å². The van der Waals surface area contributed by atoms with Gasteiger partial charge in [-0.1, -0.05) is 32.9 Å². The lowest BCUT2D eigenvalue weighted by molar-refractivity contribution is -0.136. The Morgan fingerprint density at radius 2 is 1.87 bits per heavy atom. The van der Waals surface area contributed by atoms with Crippen LogP contribution in [0.3, 0.4) is 0 Å². The Kier molecular flexibility index (Phi) is 7.03. The number of hydrogen-bond acceptors (Lipinski definition) is 4. The molecule has 1 atom stereocenters. The number of aliphatic hydroxyl groups is 1. The first-order valence-corrected chi connectivity index (χ1v) is 7.74. The van der Waals surface area contributed by atoms with Crippen LogP contribution >= 0.6 is 0 Å². The van der Waals surface area contributed by atoms with Crippen molar-refractivity contribution in [3.8, 4) is 5.75 Å². The molecule has 0 heterocycles. The Balaban J connectivity index is 2.50. The van der Waals surface area contributed by atoms with Crippen molar-refractivity contribution in [2.45, 2.75) is 40.2 Å². The lowest BCUT2D eigenvalue weighted by Gasteiger charge is -2.25. The van der Waals surface area contributed by atoms with Gasteiger partial charge >= 0.3 is 11.8 Å². The van der Waals surface area contributed by atoms with Gasteiger partial charge in [0.15, 0.2) is 0 Å². The lowest BCUT2D eigenvalue weighted by atomic mass is 9.87. The van der Waals surface area contributed by atoms with E-state index in [1.165, 1.54) is 0 Å². The minimum absolute atomic E-state index is 0.234. The number of benzene rings is 1. The minimum atomic E-state index is -0.762. The molecule has 3 N–H and O–H groups in total. The maximum atomic E-state index is 11.9. The summed E-state index contributed by atoms with van der Waals surface area (Å²) < 4.78 is 5.39. The number of hydrogen-bond donors (Lipinski definition) is 3. The van der Waals surface area contributed by atoms with Gasteiger partial charge in [0.05, 0.1) is 18.4 Å². The standard InChI is InChI=1S/C17H26N2O4/c1-5-23-13-9-7-6-8-12(13)19-16(22)15(21)18-11-10-14(20)17(2,3)4/h6-9,14,20H,5,10-11H2,1-4H3,(H,18,21)(H,19,22). The smallest absolute Gasteiger partial charge is 0.313 e. The fraction of sp³-hybridized carbons (Fsp3) is 0.529. The summed E-state index contributed by atoms with van der Waals surface area (Å²) >= 11 is 0. The summed E-state index contributed by atoms with van der Waals surface area (Å²) in [4.78, 5) is 23.7. The van der Waals surface area contributed by atoms with Crippen molar-refractivity contribution in [3.63, 3.8) is 0 Å². The Labute approximate surface area is 137 Å². The van der Waals surface area contributed by atoms with E-state index in [0.717, 1.165) is 0 Å². The minimum Gasteiger partial charge on any atom is -0.492 e. The molecule has 6 nitrogen and oxygen atoms in total. The van der Waals surface area contributed by atoms with Crippen molar-refractivity contribution in [1.29, 1.82) is 0 Å². The van der Waals surface area contributed by atoms with Crippen LogP contribution in [0.15, 0.2) is 24.3 Å². The van der Waals surface area contributed by atoms with Crippen LogP contribution in [0.25, 0.3) is 0 Å². The molecule has 0 bridgehead atoms. The second kappa shape index (κ2) is 8.53. The number of carbonyl (C=O) groups excluding carboxylic acids is 2. The van der Waals surface area contributed by atoms with Gasteiger partial charge in [-0.05, 0) is 30.9 Å². The van der Waals surface area contributed by atoms with Crippen LogP contribution in [0, 0.1) is 5.41 Å². The third kappa shape index (κ3) is 6.28. The van der Waals surface area contributed by atoms with Crippen molar-refractivity contribution in [2.24, 2.45) is 5.41 Å². The largest absolute Gasteiger partial charge is 0.492 e. The molecule has 128 valence electrons. The van der Waals surface area contributed by atoms with Gasteiger partial charge < -0.3 is 20.5 Å². The van der Waals surface area contributed by atoms with E-state index in [-0.39, 0.29) is 12.0 Å². The van der Waals surface area contributed by atoms with Crippen LogP contribution in [-0.4, -0.2) is 36.2 Å². The van der Waals surface area contributed by atoms with Gasteiger partial charge in [0.2, 0.25) is 0 Å². The van der Waals surface area contributed by atoms with Gasteiger partial charge in [-0.25, -0.2) is 0 Å². The SMILES string of the molecule is CCOc1ccccc1NC(=O)C(=O)NCCC(O)C(C)(C)C. The summed E-state index contributed by atoms with van der Waals surface area (Å²) in [6.07, 6.45) is -0.164. The predicted molar refractivity (Wildman–Crippen MR) is 89.3 cm³/mol. The van der Waals surface area contributed by atoms with Gasteiger partial charge in [-0.3, -0.25) is 9.59 Å². The molecule has 0 saturated heterocycles. The summed E-state index contributed by atoms with van der Waals surface area (Å²) in [7, 11) is 0. The van der Waals surface area contributed by atoms with Gasteiger partial charge in [0.1, 0.15) is 5.75 Å². The maximum Gasteiger partial charge on any atom is 0.313 e. The van der Waals surface area contributed by atoms with Crippen LogP contribution in [0.5, 0.6) is 5.75 Å². The molecule has 1 aromatic rings. The third-order valence-corrected chi connectivity index (χ3v) is 3.34. The number of nitrogens with one attached hydrogen (secondary N) is 2. The number of amides is 2. The van der Waals surface area contributed by atoms with E-state index in [2.05, 4.69) is 10.6 Å². The van der Waals surface area contributed by atoms with Gasteiger partial charge in [-0.15, -0.1) is 0 Å². The number of anilines is 1. The fourth-order valence-electron chi connectivity index (χ4n) is 1.87. The van der Waals surface area contributed by atoms with Crippen molar-refractivity contribution in [1.82, 2.24) is 5.32 Å². The first kappa shape index (κ1) is 19.0. The zero-order valence-electron chi connectivity index (χ0n) is 14.2. The highest BCUT2D eigenvalue weighted by atomic mass is 16.5. The van der Waals surface area contributed by atoms with Crippen LogP contribution in [0.2, 0.25) is 0 Å². The van der Waals surface area contributed by atoms with Gasteiger partial charge in [0.25, 0.3) is 0 Å². The van der Waals surface area contributed by atoms with Gasteiger partial charge in [0, 0.05) is 6.54 Å². The van der Waals surface area contributed by atoms with Crippen LogP contribution in [0.4, 0.5) is 5.69 Å². The van der Waals surface area contributed by atoms with E-state index in [1.807, 2.05) is 27.7 Å². The molecule has 0 aliphatic heterocycles. The Bertz CT molecular complexity index is 538. The summed E-state index contributed by atoms with van der Waals surface area (Å²) in [5.41, 5.74) is 0.188. The first-order valence-electron chi connectivity index (χ1n) is 7.74. The molecule has 1 rings (SSSR count). The molecule has 0 aromatic heterocycles. The molecule has 2 amide bonds. The zero-order valence-corrected chi connectivity index (χ0v) is 14.2. The van der Waals surface area contributed by atoms with E-state index in [9.17, 15) is 14.7 Å². The summed E-state index contributed by atoms with van der Waals surface area (Å²) in [5.74, 6) is -0.987. The molecule has 0 fully saturated rings. The highest BCUT2D eigenvalue weighted by Crippen LogP contribution is 2.23. The average molecular weight is 322 g/mol. The number of ether oxygens (including phenoxy) is 1. The highest BCUT2D eigenvalue weighted by molar-refractivity contribution is 6.39. The Morgan fingerprint density at radius 1 is 1.22 bits per heavy atom. The van der Waals surface area contributed by atoms with E-state index >= 15 is 0 Å². The van der Waals surface area contributed by atoms with Crippen molar-refractivity contribution in [3.05, 3.63) is 24.3 Å². The predicted octanol–water partition coefficient (Wildman–Crippen LogP) is 1.94. The summed E-state index contributed by atoms with van der Waals surface area (Å²) in [6, 6.07) is 6.92. The Morgan fingerprint density at radius 3 is 2.48 bits per heavy atom. The van der Waals surface area contributed by atoms with Crippen LogP contribution < -0.4 is 15.4 Å². The second-order valence-electron chi connectivity index (χ2n) is 6.31. The number of para-hydroxylation sites is 2. The third-order valence-electron chi connectivity index (χ3n) is 3.34. The molecule has 0 aliphatic rings. The topological polar surface area (TPSA) is 87.7 Å². The average Bonchev–Trinajstić information content (AvgIpc) is 2.48. The van der Waals surface area contributed by atoms with E-state index in [4.69, 9.17) is 4.74 Å². The molecule has 0 saturated carbocycles. The van der Waals surface area contributed by atoms with Crippen molar-refractivity contribution in [2.75, 3.05) is 18.5 Å². The molecular weight excluding hydrogens is 296 g/mol. The molecule has 1 unspecified atom stereocenters. The molecule has 0 radical (unpaired) electrons. The van der Waals surface area contributed by atoms with E-state index in [0.29, 0.717) is 24.5 Å². The van der Waals surface area contributed by atoms with E-state index < -0.39 is 17.9 Å². The summed E-state index contributed by atoms with van der Waals surface area (Å²) in [5, 5.41) is 14.9. The molecule has 23 heavy (non-hydrogen) atoms. The summed E-state index contributed by atoms with van der Waals surface area (Å²) in [6.45, 7) is 8.28. The second-order valence-corrected chi connectivity index (χ2v) is 6.31. The highest BCUT2D eigenvalue weighted by Gasteiger charge is 2.22. The number of rotatable bonds is 6. The monoisotopic (exact) mass is 322 g/mol. The molecule has 6 heteroatoms. The number of carbonyl (C=O) groups is 2. The van der Waals surface area contributed by atoms with Crippen LogP contribution in [-0.2, 0) is 9.59 Å². The van der Waals surface area contributed by atoms with Crippen molar-refractivity contribution < 1.29 is 19.4 Å². The lowest BCUT2D eigenvalue weighted by Crippen LogP contribution is -2.38. The molecule has 0 aliphatic carbocycles. The van der Waals surface area contributed by atoms with Crippen molar-refractivity contribution >= 4 is 17.5 Å². The normalized spacial score (nSPS) is 12.4. The number of aliphatic hydroxyl groups excluding tert-OH is 1. The zero-order chi connectivity index (χ0) is 17.5. The Hall–Kier alpha value is -2.08. The molecule has 1 aromatic carbocycles. The first-order chi connectivity index (χ1) is 10.8.